The second kappa shape index (κ2) is 2.67. The van der Waals surface area contributed by atoms with Gasteiger partial charge < -0.3 is 4.48 Å². The Morgan fingerprint density at radius 1 is 1.44 bits per heavy atom. The minimum atomic E-state index is -0.412. The number of halogens is 1. The maximum absolute atomic E-state index is 10.6. The molecule has 0 aromatic rings. The highest BCUT2D eigenvalue weighted by atomic mass is 35.5. The van der Waals surface area contributed by atoms with Gasteiger partial charge in [-0.15, -0.1) is 0 Å². The zero-order valence-corrected chi connectivity index (χ0v) is 7.07. The topological polar surface area (TPSA) is 17.1 Å². The average Bonchev–Trinajstić information content (AvgIpc) is 1.62. The van der Waals surface area contributed by atoms with Gasteiger partial charge in [0, 0.05) is 6.92 Å². The van der Waals surface area contributed by atoms with Crippen molar-refractivity contribution in [2.45, 2.75) is 12.4 Å². The average molecular weight is 151 g/mol. The lowest BCUT2D eigenvalue weighted by Gasteiger charge is -2.27. The molecule has 0 amide bonds. The lowest BCUT2D eigenvalue weighted by Crippen LogP contribution is -2.45. The van der Waals surface area contributed by atoms with Crippen LogP contribution in [0.1, 0.15) is 6.92 Å². The Bertz CT molecular complexity index is 117. The smallest absolute Gasteiger partial charge is 0.223 e. The molecule has 1 atom stereocenters. The van der Waals surface area contributed by atoms with Crippen LogP contribution in [0.2, 0.25) is 0 Å². The van der Waals surface area contributed by atoms with Crippen LogP contribution in [-0.4, -0.2) is 36.9 Å². The second-order valence-electron chi connectivity index (χ2n) is 3.06. The van der Waals surface area contributed by atoms with Crippen molar-refractivity contribution in [1.29, 1.82) is 0 Å². The molecule has 0 spiro atoms. The van der Waals surface area contributed by atoms with Gasteiger partial charge in [0.15, 0.2) is 0 Å². The van der Waals surface area contributed by atoms with Crippen molar-refractivity contribution in [3.8, 4) is 0 Å². The quantitative estimate of drug-likeness (QED) is 0.324. The molecule has 9 heavy (non-hydrogen) atoms. The summed E-state index contributed by atoms with van der Waals surface area (Å²) in [5.74, 6) is 0.0177. The third kappa shape index (κ3) is 2.82. The molecule has 2 nitrogen and oxygen atoms in total. The first kappa shape index (κ1) is 8.92. The van der Waals surface area contributed by atoms with Crippen LogP contribution in [0.3, 0.4) is 0 Å². The molecule has 0 aliphatic carbocycles. The highest BCUT2D eigenvalue weighted by molar-refractivity contribution is 6.29. The van der Waals surface area contributed by atoms with E-state index in [1.54, 1.807) is 0 Å². The number of ketones is 1. The molecule has 0 heterocycles. The molecule has 0 aliphatic rings. The Balaban J connectivity index is 4.04. The predicted molar refractivity (Wildman–Crippen MR) is 38.4 cm³/mol. The Labute approximate surface area is 61.0 Å². The molecule has 0 saturated carbocycles. The van der Waals surface area contributed by atoms with E-state index < -0.39 is 5.50 Å². The molecular weight excluding hydrogens is 138 g/mol. The third-order valence-corrected chi connectivity index (χ3v) is 1.91. The van der Waals surface area contributed by atoms with Gasteiger partial charge in [-0.1, -0.05) is 0 Å². The monoisotopic (exact) mass is 150 g/mol. The van der Waals surface area contributed by atoms with Gasteiger partial charge in [0.05, 0.1) is 21.1 Å². The molecule has 0 fully saturated rings. The summed E-state index contributed by atoms with van der Waals surface area (Å²) < 4.78 is 0.483. The largest absolute Gasteiger partial charge is 0.309 e. The standard InChI is InChI=1S/C6H13ClNO/c1-5(9)6(7)8(2,3)4/h6H,1-4H3/q+1. The van der Waals surface area contributed by atoms with Crippen LogP contribution in [0.4, 0.5) is 0 Å². The number of rotatable bonds is 2. The fraction of sp³-hybridized carbons (Fsp3) is 0.833. The summed E-state index contributed by atoms with van der Waals surface area (Å²) in [6, 6.07) is 0. The minimum absolute atomic E-state index is 0.0177. The summed E-state index contributed by atoms with van der Waals surface area (Å²) in [6.07, 6.45) is 0. The van der Waals surface area contributed by atoms with Crippen molar-refractivity contribution >= 4 is 17.4 Å². The molecule has 0 aromatic carbocycles. The summed E-state index contributed by atoms with van der Waals surface area (Å²) in [6.45, 7) is 1.50. The summed E-state index contributed by atoms with van der Waals surface area (Å²) >= 11 is 5.71. The molecule has 0 saturated heterocycles. The van der Waals surface area contributed by atoms with E-state index in [1.807, 2.05) is 21.1 Å². The molecule has 0 radical (unpaired) electrons. The van der Waals surface area contributed by atoms with Crippen molar-refractivity contribution in [3.63, 3.8) is 0 Å². The summed E-state index contributed by atoms with van der Waals surface area (Å²) in [5, 5.41) is 0. The highest BCUT2D eigenvalue weighted by Crippen LogP contribution is 2.07. The Morgan fingerprint density at radius 2 is 1.78 bits per heavy atom. The fourth-order valence-corrected chi connectivity index (χ4v) is 0.545. The molecule has 0 N–H and O–H groups in total. The van der Waals surface area contributed by atoms with E-state index in [1.165, 1.54) is 6.92 Å². The number of carbonyl (C=O) groups is 1. The van der Waals surface area contributed by atoms with E-state index >= 15 is 0 Å². The number of alkyl halides is 1. The Kier molecular flexibility index (Phi) is 2.65. The first-order chi connectivity index (χ1) is 3.85. The van der Waals surface area contributed by atoms with Crippen LogP contribution in [0, 0.1) is 0 Å². The molecule has 54 valence electrons. The van der Waals surface area contributed by atoms with Gasteiger partial charge in [0.2, 0.25) is 11.3 Å². The van der Waals surface area contributed by atoms with E-state index in [9.17, 15) is 4.79 Å². The SMILES string of the molecule is CC(=O)C(Cl)[N+](C)(C)C. The normalized spacial score (nSPS) is 15.2. The van der Waals surface area contributed by atoms with Gasteiger partial charge in [-0.2, -0.15) is 0 Å². The number of carbonyl (C=O) groups excluding carboxylic acids is 1. The lowest BCUT2D eigenvalue weighted by molar-refractivity contribution is -0.873. The summed E-state index contributed by atoms with van der Waals surface area (Å²) in [4.78, 5) is 10.6. The lowest BCUT2D eigenvalue weighted by atomic mass is 10.4. The van der Waals surface area contributed by atoms with Gasteiger partial charge in [-0.05, 0) is 11.6 Å². The van der Waals surface area contributed by atoms with Crippen LogP contribution in [-0.2, 0) is 4.79 Å². The maximum Gasteiger partial charge on any atom is 0.223 e. The zero-order valence-electron chi connectivity index (χ0n) is 6.31. The molecule has 1 unspecified atom stereocenters. The van der Waals surface area contributed by atoms with Gasteiger partial charge >= 0.3 is 0 Å². The van der Waals surface area contributed by atoms with Crippen molar-refractivity contribution < 1.29 is 9.28 Å². The van der Waals surface area contributed by atoms with Crippen LogP contribution in [0.5, 0.6) is 0 Å². The summed E-state index contributed by atoms with van der Waals surface area (Å²) in [7, 11) is 5.66. The first-order valence-corrected chi connectivity index (χ1v) is 3.25. The number of quaternary nitrogens is 1. The van der Waals surface area contributed by atoms with Crippen molar-refractivity contribution in [2.24, 2.45) is 0 Å². The Hall–Kier alpha value is -0.0800. The van der Waals surface area contributed by atoms with Crippen LogP contribution >= 0.6 is 11.6 Å². The van der Waals surface area contributed by atoms with E-state index in [4.69, 9.17) is 11.6 Å². The first-order valence-electron chi connectivity index (χ1n) is 2.81. The van der Waals surface area contributed by atoms with Crippen molar-refractivity contribution in [1.82, 2.24) is 0 Å². The van der Waals surface area contributed by atoms with E-state index in [0.29, 0.717) is 4.48 Å². The molecular formula is C6H13ClNO+. The van der Waals surface area contributed by atoms with Gasteiger partial charge in [0.1, 0.15) is 0 Å². The van der Waals surface area contributed by atoms with Crippen LogP contribution < -0.4 is 0 Å². The van der Waals surface area contributed by atoms with E-state index in [-0.39, 0.29) is 5.78 Å². The van der Waals surface area contributed by atoms with Gasteiger partial charge in [-0.25, -0.2) is 0 Å². The van der Waals surface area contributed by atoms with Gasteiger partial charge in [0.25, 0.3) is 0 Å². The van der Waals surface area contributed by atoms with Crippen molar-refractivity contribution in [2.75, 3.05) is 21.1 Å². The molecule has 0 bridgehead atoms. The minimum Gasteiger partial charge on any atom is -0.309 e. The predicted octanol–water partition coefficient (Wildman–Crippen LogP) is 0.846. The second-order valence-corrected chi connectivity index (χ2v) is 3.48. The van der Waals surface area contributed by atoms with Crippen LogP contribution in [0.25, 0.3) is 0 Å². The molecule has 0 rings (SSSR count). The molecule has 0 aliphatic heterocycles. The van der Waals surface area contributed by atoms with E-state index in [2.05, 4.69) is 0 Å². The third-order valence-electron chi connectivity index (χ3n) is 1.02. The zero-order chi connectivity index (χ0) is 7.65. The number of nitrogens with zero attached hydrogens (tertiary/aromatic N) is 1. The maximum atomic E-state index is 10.6. The number of Topliss-reactive ketones (excluding diaryl/α,β-unsaturated/α-hetero) is 1. The van der Waals surface area contributed by atoms with Crippen LogP contribution in [0.15, 0.2) is 0 Å². The number of hydrogen-bond acceptors (Lipinski definition) is 1. The molecule has 0 aromatic heterocycles. The summed E-state index contributed by atoms with van der Waals surface area (Å²) in [5.41, 5.74) is -0.412. The number of likely N-dealkylation sites (N-methyl/N-ethyl adjacent to an activating group) is 1. The Morgan fingerprint density at radius 3 is 1.78 bits per heavy atom. The number of hydrogen-bond donors (Lipinski definition) is 0. The fourth-order valence-electron chi connectivity index (χ4n) is 0.545. The van der Waals surface area contributed by atoms with Gasteiger partial charge in [-0.3, -0.25) is 4.79 Å². The highest BCUT2D eigenvalue weighted by Gasteiger charge is 2.24. The van der Waals surface area contributed by atoms with E-state index in [0.717, 1.165) is 0 Å². The molecule has 3 heteroatoms. The van der Waals surface area contributed by atoms with Crippen molar-refractivity contribution in [3.05, 3.63) is 0 Å².